The van der Waals surface area contributed by atoms with Gasteiger partial charge in [0.1, 0.15) is 11.4 Å². The van der Waals surface area contributed by atoms with Gasteiger partial charge in [0.05, 0.1) is 17.9 Å². The smallest absolute Gasteiger partial charge is 0.290 e. The third-order valence-electron chi connectivity index (χ3n) is 4.41. The van der Waals surface area contributed by atoms with Crippen molar-refractivity contribution in [3.05, 3.63) is 44.5 Å². The summed E-state index contributed by atoms with van der Waals surface area (Å²) in [5, 5.41) is 18.9. The van der Waals surface area contributed by atoms with E-state index in [0.29, 0.717) is 13.0 Å². The maximum absolute atomic E-state index is 12.7. The molecule has 0 bridgehead atoms. The number of hydrogen-bond donors (Lipinski definition) is 4. The number of methoxy groups -OCH3 is 1. The summed E-state index contributed by atoms with van der Waals surface area (Å²) < 4.78 is 6.18. The molecule has 4 N–H and O–H groups in total. The molecule has 0 unspecified atom stereocenters. The second kappa shape index (κ2) is 9.28. The Kier molecular flexibility index (Phi) is 7.05. The maximum atomic E-state index is 12.7. The first-order valence-corrected chi connectivity index (χ1v) is 9.10. The molecule has 0 aliphatic carbocycles. The molecule has 0 aliphatic rings. The number of anilines is 3. The van der Waals surface area contributed by atoms with E-state index in [1.165, 1.54) is 24.1 Å². The fourth-order valence-corrected chi connectivity index (χ4v) is 2.76. The fourth-order valence-electron chi connectivity index (χ4n) is 2.76. The normalized spacial score (nSPS) is 11.8. The average molecular weight is 405 g/mol. The van der Waals surface area contributed by atoms with Gasteiger partial charge in [-0.1, -0.05) is 13.0 Å². The van der Waals surface area contributed by atoms with Crippen molar-refractivity contribution < 1.29 is 14.6 Å². The van der Waals surface area contributed by atoms with Crippen LogP contribution < -0.4 is 21.8 Å². The SMILES string of the molecule is CC[C@H](COC)Nc1c(Nc2cccc(C(=O)N(C)C)c2O)c(=O)n(C)[nH]c1=O. The van der Waals surface area contributed by atoms with E-state index in [0.717, 1.165) is 4.68 Å². The van der Waals surface area contributed by atoms with Crippen molar-refractivity contribution >= 4 is 23.0 Å². The molecule has 0 saturated heterocycles. The van der Waals surface area contributed by atoms with Crippen molar-refractivity contribution in [3.8, 4) is 5.75 Å². The van der Waals surface area contributed by atoms with E-state index in [9.17, 15) is 19.5 Å². The van der Waals surface area contributed by atoms with E-state index in [-0.39, 0.29) is 34.4 Å². The zero-order valence-corrected chi connectivity index (χ0v) is 17.2. The second-order valence-electron chi connectivity index (χ2n) is 6.79. The molecule has 1 atom stereocenters. The molecule has 1 heterocycles. The molecular formula is C19H27N5O5. The summed E-state index contributed by atoms with van der Waals surface area (Å²) in [6, 6.07) is 4.36. The third-order valence-corrected chi connectivity index (χ3v) is 4.41. The number of H-pyrrole nitrogens is 1. The van der Waals surface area contributed by atoms with Gasteiger partial charge in [0, 0.05) is 34.3 Å². The van der Waals surface area contributed by atoms with E-state index in [1.807, 2.05) is 6.92 Å². The lowest BCUT2D eigenvalue weighted by atomic mass is 10.1. The first kappa shape index (κ1) is 22.0. The van der Waals surface area contributed by atoms with Crippen molar-refractivity contribution in [3.63, 3.8) is 0 Å². The van der Waals surface area contributed by atoms with Gasteiger partial charge in [-0.25, -0.2) is 0 Å². The standard InChI is InChI=1S/C19H27N5O5/c1-6-11(10-29-5)20-14-15(19(28)24(4)22-17(14)26)21-13-9-7-8-12(16(13)25)18(27)23(2)3/h7-9,11,20-21,25H,6,10H2,1-5H3,(H,22,26)/t11-/m1/s1. The highest BCUT2D eigenvalue weighted by Crippen LogP contribution is 2.31. The minimum absolute atomic E-state index is 0.0285. The molecular weight excluding hydrogens is 378 g/mol. The van der Waals surface area contributed by atoms with E-state index < -0.39 is 17.0 Å². The molecule has 0 saturated carbocycles. The summed E-state index contributed by atoms with van der Waals surface area (Å²) in [4.78, 5) is 38.8. The number of aromatic nitrogens is 2. The maximum Gasteiger partial charge on any atom is 0.290 e. The molecule has 2 aromatic rings. The molecule has 1 amide bonds. The van der Waals surface area contributed by atoms with E-state index in [2.05, 4.69) is 15.7 Å². The molecule has 0 fully saturated rings. The number of hydrogen-bond acceptors (Lipinski definition) is 7. The van der Waals surface area contributed by atoms with Crippen LogP contribution in [0, 0.1) is 0 Å². The monoisotopic (exact) mass is 405 g/mol. The van der Waals surface area contributed by atoms with Crippen LogP contribution in [0.1, 0.15) is 23.7 Å². The number of benzene rings is 1. The molecule has 0 aliphatic heterocycles. The molecule has 1 aromatic carbocycles. The minimum atomic E-state index is -0.511. The van der Waals surface area contributed by atoms with Crippen LogP contribution in [0.2, 0.25) is 0 Å². The van der Waals surface area contributed by atoms with E-state index in [1.54, 1.807) is 27.3 Å². The summed E-state index contributed by atoms with van der Waals surface area (Å²) in [6.45, 7) is 2.25. The Bertz CT molecular complexity index is 995. The van der Waals surface area contributed by atoms with Crippen LogP contribution in [0.4, 0.5) is 17.1 Å². The molecule has 158 valence electrons. The number of aromatic hydroxyl groups is 1. The zero-order valence-electron chi connectivity index (χ0n) is 17.2. The molecule has 10 nitrogen and oxygen atoms in total. The minimum Gasteiger partial charge on any atom is -0.505 e. The molecule has 29 heavy (non-hydrogen) atoms. The highest BCUT2D eigenvalue weighted by atomic mass is 16.5. The first-order valence-electron chi connectivity index (χ1n) is 9.10. The van der Waals surface area contributed by atoms with Crippen LogP contribution in [-0.2, 0) is 11.8 Å². The number of para-hydroxylation sites is 1. The Morgan fingerprint density at radius 1 is 1.31 bits per heavy atom. The zero-order chi connectivity index (χ0) is 21.7. The third kappa shape index (κ3) is 4.77. The summed E-state index contributed by atoms with van der Waals surface area (Å²) in [5.74, 6) is -0.710. The number of nitrogens with one attached hydrogen (secondary N) is 3. The Labute approximate surface area is 168 Å². The molecule has 10 heteroatoms. The number of aryl methyl sites for hydroxylation is 1. The Hall–Kier alpha value is -3.27. The molecule has 1 aromatic heterocycles. The van der Waals surface area contributed by atoms with Gasteiger partial charge < -0.3 is 25.4 Å². The lowest BCUT2D eigenvalue weighted by molar-refractivity contribution is 0.0824. The summed E-state index contributed by atoms with van der Waals surface area (Å²) in [6.07, 6.45) is 0.653. The van der Waals surface area contributed by atoms with E-state index >= 15 is 0 Å². The summed E-state index contributed by atoms with van der Waals surface area (Å²) >= 11 is 0. The Morgan fingerprint density at radius 3 is 2.59 bits per heavy atom. The average Bonchev–Trinajstić information content (AvgIpc) is 2.68. The van der Waals surface area contributed by atoms with Gasteiger partial charge >= 0.3 is 0 Å². The first-order chi connectivity index (χ1) is 13.7. The summed E-state index contributed by atoms with van der Waals surface area (Å²) in [5.41, 5.74) is -0.839. The van der Waals surface area contributed by atoms with Gasteiger partial charge in [-0.15, -0.1) is 0 Å². The van der Waals surface area contributed by atoms with Crippen molar-refractivity contribution in [2.24, 2.45) is 7.05 Å². The molecule has 0 spiro atoms. The van der Waals surface area contributed by atoms with E-state index in [4.69, 9.17) is 4.74 Å². The van der Waals surface area contributed by atoms with Crippen LogP contribution in [0.15, 0.2) is 27.8 Å². The number of amides is 1. The van der Waals surface area contributed by atoms with Gasteiger partial charge in [-0.05, 0) is 18.6 Å². The second-order valence-corrected chi connectivity index (χ2v) is 6.79. The van der Waals surface area contributed by atoms with Crippen molar-refractivity contribution in [2.45, 2.75) is 19.4 Å². The number of ether oxygens (including phenoxy) is 1. The van der Waals surface area contributed by atoms with Gasteiger partial charge in [-0.2, -0.15) is 0 Å². The van der Waals surface area contributed by atoms with Gasteiger partial charge in [0.15, 0.2) is 5.75 Å². The topological polar surface area (TPSA) is 129 Å². The number of carbonyl (C=O) groups excluding carboxylic acids is 1. The highest BCUT2D eigenvalue weighted by Gasteiger charge is 2.21. The van der Waals surface area contributed by atoms with Crippen LogP contribution in [0.5, 0.6) is 5.75 Å². The quantitative estimate of drug-likeness (QED) is 0.483. The van der Waals surface area contributed by atoms with Crippen LogP contribution in [0.3, 0.4) is 0 Å². The Balaban J connectivity index is 2.56. The van der Waals surface area contributed by atoms with Gasteiger partial charge in [-0.3, -0.25) is 24.2 Å². The van der Waals surface area contributed by atoms with Crippen molar-refractivity contribution in [2.75, 3.05) is 38.4 Å². The highest BCUT2D eigenvalue weighted by molar-refractivity contribution is 5.98. The van der Waals surface area contributed by atoms with Crippen LogP contribution in [-0.4, -0.2) is 59.5 Å². The molecule has 2 rings (SSSR count). The Morgan fingerprint density at radius 2 is 2.00 bits per heavy atom. The predicted octanol–water partition coefficient (Wildman–Crippen LogP) is 1.06. The number of nitrogens with zero attached hydrogens (tertiary/aromatic N) is 2. The fraction of sp³-hybridized carbons (Fsp3) is 0.421. The number of carbonyl (C=O) groups is 1. The van der Waals surface area contributed by atoms with Gasteiger partial charge in [0.2, 0.25) is 0 Å². The van der Waals surface area contributed by atoms with Crippen LogP contribution >= 0.6 is 0 Å². The van der Waals surface area contributed by atoms with Gasteiger partial charge in [0.25, 0.3) is 17.0 Å². The summed E-state index contributed by atoms with van der Waals surface area (Å²) in [7, 11) is 6.09. The van der Waals surface area contributed by atoms with Crippen LogP contribution in [0.25, 0.3) is 0 Å². The van der Waals surface area contributed by atoms with Crippen molar-refractivity contribution in [1.82, 2.24) is 14.7 Å². The number of aromatic amines is 1. The predicted molar refractivity (Wildman–Crippen MR) is 111 cm³/mol. The number of phenolic OH excluding ortho intramolecular Hbond substituents is 1. The van der Waals surface area contributed by atoms with Crippen molar-refractivity contribution in [1.29, 1.82) is 0 Å². The molecule has 0 radical (unpaired) electrons. The lowest BCUT2D eigenvalue weighted by Gasteiger charge is -2.20. The lowest BCUT2D eigenvalue weighted by Crippen LogP contribution is -2.35. The number of rotatable bonds is 8. The largest absolute Gasteiger partial charge is 0.505 e. The number of phenols is 1.